The molecule has 0 unspecified atom stereocenters. The van der Waals surface area contributed by atoms with Crippen LogP contribution in [-0.2, 0) is 16.0 Å². The Hall–Kier alpha value is -2.57. The van der Waals surface area contributed by atoms with E-state index in [9.17, 15) is 4.79 Å². The third-order valence-electron chi connectivity index (χ3n) is 4.37. The zero-order valence-electron chi connectivity index (χ0n) is 16.1. The molecule has 29 heavy (non-hydrogen) atoms. The summed E-state index contributed by atoms with van der Waals surface area (Å²) < 4.78 is 16.5. The van der Waals surface area contributed by atoms with E-state index in [0.29, 0.717) is 29.9 Å². The first kappa shape index (κ1) is 19.7. The lowest BCUT2D eigenvalue weighted by molar-refractivity contribution is -0.146. The summed E-state index contributed by atoms with van der Waals surface area (Å²) in [6.07, 6.45) is 1.79. The van der Waals surface area contributed by atoms with Gasteiger partial charge in [0.05, 0.1) is 12.5 Å². The van der Waals surface area contributed by atoms with Crippen molar-refractivity contribution in [2.45, 2.75) is 26.4 Å². The first-order valence-electron chi connectivity index (χ1n) is 9.33. The van der Waals surface area contributed by atoms with Crippen LogP contribution >= 0.6 is 22.9 Å². The molecule has 1 aliphatic rings. The van der Waals surface area contributed by atoms with Crippen molar-refractivity contribution in [1.82, 2.24) is 4.98 Å². The predicted octanol–water partition coefficient (Wildman–Crippen LogP) is 5.40. The highest BCUT2D eigenvalue weighted by Gasteiger charge is 2.19. The molecule has 0 aliphatic carbocycles. The van der Waals surface area contributed by atoms with E-state index in [4.69, 9.17) is 25.8 Å². The fourth-order valence-electron chi connectivity index (χ4n) is 3.14. The van der Waals surface area contributed by atoms with Crippen LogP contribution < -0.4 is 9.47 Å². The van der Waals surface area contributed by atoms with Crippen LogP contribution in [0.1, 0.15) is 19.4 Å². The van der Waals surface area contributed by atoms with Crippen LogP contribution in [0, 0.1) is 0 Å². The Morgan fingerprint density at radius 2 is 2.03 bits per heavy atom. The van der Waals surface area contributed by atoms with E-state index in [0.717, 1.165) is 27.1 Å². The molecular weight excluding hydrogens is 410 g/mol. The lowest BCUT2D eigenvalue weighted by atomic mass is 10.1. The average molecular weight is 430 g/mol. The van der Waals surface area contributed by atoms with Gasteiger partial charge in [0.2, 0.25) is 0 Å². The Morgan fingerprint density at radius 3 is 2.83 bits per heavy atom. The number of thiophene rings is 1. The highest BCUT2D eigenvalue weighted by atomic mass is 35.5. The van der Waals surface area contributed by atoms with Crippen molar-refractivity contribution in [3.05, 3.63) is 52.5 Å². The molecule has 0 saturated carbocycles. The monoisotopic (exact) mass is 429 g/mol. The van der Waals surface area contributed by atoms with E-state index in [1.165, 1.54) is 0 Å². The van der Waals surface area contributed by atoms with Crippen LogP contribution in [-0.4, -0.2) is 30.3 Å². The summed E-state index contributed by atoms with van der Waals surface area (Å²) in [5.41, 5.74) is 3.72. The second-order valence-corrected chi connectivity index (χ2v) is 8.24. The highest BCUT2D eigenvalue weighted by Crippen LogP contribution is 2.42. The Morgan fingerprint density at radius 1 is 1.21 bits per heavy atom. The van der Waals surface area contributed by atoms with E-state index in [1.807, 2.05) is 38.1 Å². The molecule has 1 aromatic carbocycles. The van der Waals surface area contributed by atoms with Gasteiger partial charge in [0.25, 0.3) is 5.88 Å². The molecule has 4 rings (SSSR count). The molecule has 0 spiro atoms. The minimum atomic E-state index is -0.257. The number of pyridine rings is 1. The number of ether oxygens (including phenoxy) is 3. The molecule has 0 fully saturated rings. The quantitative estimate of drug-likeness (QED) is 0.508. The van der Waals surface area contributed by atoms with Gasteiger partial charge >= 0.3 is 5.97 Å². The number of fused-ring (bicyclic) bond motifs is 1. The summed E-state index contributed by atoms with van der Waals surface area (Å²) in [7, 11) is 0. The second kappa shape index (κ2) is 8.43. The van der Waals surface area contributed by atoms with Crippen molar-refractivity contribution in [2.24, 2.45) is 0 Å². The highest BCUT2D eigenvalue weighted by molar-refractivity contribution is 7.14. The summed E-state index contributed by atoms with van der Waals surface area (Å²) in [5.74, 6) is 0.942. The SMILES string of the molecule is CC(C)OC(=O)Cc1ccc(-c2cc(-c3ccnc4c3OCCO4)cs2)c(Cl)c1. The van der Waals surface area contributed by atoms with Crippen molar-refractivity contribution in [3.8, 4) is 33.2 Å². The van der Waals surface area contributed by atoms with Crippen LogP contribution in [0.2, 0.25) is 5.02 Å². The molecule has 0 radical (unpaired) electrons. The number of rotatable bonds is 5. The molecular formula is C22H20ClNO4S. The molecule has 1 aliphatic heterocycles. The van der Waals surface area contributed by atoms with Gasteiger partial charge in [-0.2, -0.15) is 0 Å². The van der Waals surface area contributed by atoms with Gasteiger partial charge in [-0.15, -0.1) is 11.3 Å². The molecule has 3 heterocycles. The normalized spacial score (nSPS) is 12.8. The number of hydrogen-bond acceptors (Lipinski definition) is 6. The third-order valence-corrected chi connectivity index (χ3v) is 5.64. The molecule has 2 aromatic heterocycles. The Bertz CT molecular complexity index is 1050. The number of aromatic nitrogens is 1. The maximum absolute atomic E-state index is 11.9. The molecule has 3 aromatic rings. The van der Waals surface area contributed by atoms with Crippen LogP contribution in [0.25, 0.3) is 21.6 Å². The fourth-order valence-corrected chi connectivity index (χ4v) is 4.45. The van der Waals surface area contributed by atoms with Gasteiger partial charge in [0.1, 0.15) is 13.2 Å². The van der Waals surface area contributed by atoms with Crippen molar-refractivity contribution >= 4 is 28.9 Å². The van der Waals surface area contributed by atoms with E-state index in [1.54, 1.807) is 17.5 Å². The van der Waals surface area contributed by atoms with Gasteiger partial charge in [-0.1, -0.05) is 23.7 Å². The lowest BCUT2D eigenvalue weighted by Gasteiger charge is -2.19. The zero-order valence-corrected chi connectivity index (χ0v) is 17.7. The average Bonchev–Trinajstić information content (AvgIpc) is 3.16. The number of carbonyl (C=O) groups excluding carboxylic acids is 1. The first-order chi connectivity index (χ1) is 14.0. The number of esters is 1. The van der Waals surface area contributed by atoms with Crippen LogP contribution in [0.15, 0.2) is 41.9 Å². The van der Waals surface area contributed by atoms with Crippen molar-refractivity contribution in [2.75, 3.05) is 13.2 Å². The van der Waals surface area contributed by atoms with Crippen LogP contribution in [0.3, 0.4) is 0 Å². The minimum Gasteiger partial charge on any atom is -0.484 e. The Labute approximate surface area is 178 Å². The summed E-state index contributed by atoms with van der Waals surface area (Å²) >= 11 is 8.12. The molecule has 0 atom stereocenters. The molecule has 150 valence electrons. The summed E-state index contributed by atoms with van der Waals surface area (Å²) in [6.45, 7) is 4.68. The minimum absolute atomic E-state index is 0.130. The number of halogens is 1. The zero-order chi connectivity index (χ0) is 20.4. The van der Waals surface area contributed by atoms with Gasteiger partial charge in [0, 0.05) is 27.2 Å². The topological polar surface area (TPSA) is 57.7 Å². The maximum Gasteiger partial charge on any atom is 0.310 e. The largest absolute Gasteiger partial charge is 0.484 e. The number of benzene rings is 1. The van der Waals surface area contributed by atoms with E-state index in [2.05, 4.69) is 16.4 Å². The molecule has 0 N–H and O–H groups in total. The maximum atomic E-state index is 11.9. The smallest absolute Gasteiger partial charge is 0.310 e. The van der Waals surface area contributed by atoms with Gasteiger partial charge in [-0.25, -0.2) is 4.98 Å². The fraction of sp³-hybridized carbons (Fsp3) is 0.273. The molecule has 0 saturated heterocycles. The number of nitrogens with zero attached hydrogens (tertiary/aromatic N) is 1. The van der Waals surface area contributed by atoms with Gasteiger partial charge in [-0.05, 0) is 48.6 Å². The molecule has 7 heteroatoms. The van der Waals surface area contributed by atoms with Gasteiger partial charge in [-0.3, -0.25) is 4.79 Å². The van der Waals surface area contributed by atoms with Crippen molar-refractivity contribution in [3.63, 3.8) is 0 Å². The summed E-state index contributed by atoms with van der Waals surface area (Å²) in [4.78, 5) is 17.1. The third kappa shape index (κ3) is 4.38. The summed E-state index contributed by atoms with van der Waals surface area (Å²) in [5, 5.41) is 2.66. The summed E-state index contributed by atoms with van der Waals surface area (Å²) in [6, 6.07) is 9.67. The van der Waals surface area contributed by atoms with E-state index < -0.39 is 0 Å². The van der Waals surface area contributed by atoms with Gasteiger partial charge in [0.15, 0.2) is 5.75 Å². The van der Waals surface area contributed by atoms with Crippen LogP contribution in [0.5, 0.6) is 11.6 Å². The number of carbonyl (C=O) groups is 1. The first-order valence-corrected chi connectivity index (χ1v) is 10.6. The van der Waals surface area contributed by atoms with E-state index >= 15 is 0 Å². The Kier molecular flexibility index (Phi) is 5.74. The lowest BCUT2D eigenvalue weighted by Crippen LogP contribution is -2.16. The molecule has 5 nitrogen and oxygen atoms in total. The molecule has 0 bridgehead atoms. The standard InChI is InChI=1S/C22H20ClNO4S/c1-13(2)28-20(25)10-14-3-4-17(18(23)9-14)19-11-15(12-29-19)16-5-6-24-22-21(16)26-7-8-27-22/h3-6,9,11-13H,7-8,10H2,1-2H3. The van der Waals surface area contributed by atoms with Crippen molar-refractivity contribution in [1.29, 1.82) is 0 Å². The predicted molar refractivity (Wildman–Crippen MR) is 114 cm³/mol. The molecule has 0 amide bonds. The van der Waals surface area contributed by atoms with Gasteiger partial charge < -0.3 is 14.2 Å². The Balaban J connectivity index is 1.58. The van der Waals surface area contributed by atoms with Crippen LogP contribution in [0.4, 0.5) is 0 Å². The van der Waals surface area contributed by atoms with E-state index in [-0.39, 0.29) is 18.5 Å². The van der Waals surface area contributed by atoms with Crippen molar-refractivity contribution < 1.29 is 19.0 Å². The second-order valence-electron chi connectivity index (χ2n) is 6.92. The number of hydrogen-bond donors (Lipinski definition) is 0.